The molecule has 4 heterocycles. The number of thiophene rings is 1. The number of hydrogen-bond acceptors (Lipinski definition) is 7. The Hall–Kier alpha value is -1.80. The summed E-state index contributed by atoms with van der Waals surface area (Å²) in [5.41, 5.74) is 1.42. The Balaban J connectivity index is 1.94. The van der Waals surface area contributed by atoms with E-state index in [1.165, 1.54) is 15.8 Å². The summed E-state index contributed by atoms with van der Waals surface area (Å²) in [6.07, 6.45) is 2.11. The Kier molecular flexibility index (Phi) is 3.65. The normalized spacial score (nSPS) is 16.8. The minimum Gasteiger partial charge on any atom is -0.367 e. The summed E-state index contributed by atoms with van der Waals surface area (Å²) < 4.78 is 1.77. The SMILES string of the molecule is CC[C@@H](C)Nc1nc2nnnn2c2sc3c(c12)CCN(CC)C3. The van der Waals surface area contributed by atoms with Crippen molar-refractivity contribution in [2.45, 2.75) is 46.2 Å². The topological polar surface area (TPSA) is 71.2 Å². The van der Waals surface area contributed by atoms with Crippen LogP contribution in [0.4, 0.5) is 5.82 Å². The van der Waals surface area contributed by atoms with Crippen molar-refractivity contribution >= 4 is 33.1 Å². The summed E-state index contributed by atoms with van der Waals surface area (Å²) >= 11 is 1.80. The van der Waals surface area contributed by atoms with Gasteiger partial charge in [-0.1, -0.05) is 18.9 Å². The zero-order valence-electron chi connectivity index (χ0n) is 13.7. The molecule has 1 N–H and O–H groups in total. The van der Waals surface area contributed by atoms with Crippen molar-refractivity contribution in [3.8, 4) is 0 Å². The summed E-state index contributed by atoms with van der Waals surface area (Å²) in [6, 6.07) is 0.371. The second kappa shape index (κ2) is 5.68. The monoisotopic (exact) mass is 331 g/mol. The number of likely N-dealkylation sites (N-methyl/N-ethyl adjacent to an activating group) is 1. The summed E-state index contributed by atoms with van der Waals surface area (Å²) in [7, 11) is 0. The van der Waals surface area contributed by atoms with Crippen LogP contribution >= 0.6 is 11.3 Å². The summed E-state index contributed by atoms with van der Waals surface area (Å²) in [5.74, 6) is 1.49. The van der Waals surface area contributed by atoms with Crippen LogP contribution in [0.5, 0.6) is 0 Å². The predicted molar refractivity (Wildman–Crippen MR) is 92.0 cm³/mol. The fourth-order valence-corrected chi connectivity index (χ4v) is 4.42. The summed E-state index contributed by atoms with van der Waals surface area (Å²) in [5, 5.41) is 16.7. The summed E-state index contributed by atoms with van der Waals surface area (Å²) in [6.45, 7) is 9.77. The molecule has 0 bridgehead atoms. The van der Waals surface area contributed by atoms with E-state index < -0.39 is 0 Å². The lowest BCUT2D eigenvalue weighted by atomic mass is 10.0. The molecule has 1 aliphatic heterocycles. The minimum atomic E-state index is 0.371. The Morgan fingerprint density at radius 3 is 3.00 bits per heavy atom. The van der Waals surface area contributed by atoms with E-state index in [9.17, 15) is 0 Å². The number of fused-ring (bicyclic) bond motifs is 5. The highest BCUT2D eigenvalue weighted by Crippen LogP contribution is 2.38. The average Bonchev–Trinajstić information content (AvgIpc) is 3.17. The van der Waals surface area contributed by atoms with Crippen LogP contribution in [0.25, 0.3) is 16.0 Å². The Bertz CT molecular complexity index is 852. The highest BCUT2D eigenvalue weighted by Gasteiger charge is 2.25. The molecule has 8 heteroatoms. The van der Waals surface area contributed by atoms with Gasteiger partial charge in [0.25, 0.3) is 5.78 Å². The first-order chi connectivity index (χ1) is 11.2. The molecule has 0 saturated heterocycles. The van der Waals surface area contributed by atoms with Crippen molar-refractivity contribution in [3.05, 3.63) is 10.4 Å². The summed E-state index contributed by atoms with van der Waals surface area (Å²) in [4.78, 5) is 9.68. The third-order valence-corrected chi connectivity index (χ3v) is 5.85. The minimum absolute atomic E-state index is 0.371. The average molecular weight is 331 g/mol. The van der Waals surface area contributed by atoms with Gasteiger partial charge in [-0.25, -0.2) is 0 Å². The van der Waals surface area contributed by atoms with Crippen LogP contribution < -0.4 is 5.32 Å². The van der Waals surface area contributed by atoms with Gasteiger partial charge < -0.3 is 5.32 Å². The number of nitrogens with one attached hydrogen (secondary N) is 1. The van der Waals surface area contributed by atoms with Gasteiger partial charge in [0.05, 0.1) is 5.39 Å². The molecule has 3 aromatic rings. The third kappa shape index (κ3) is 2.36. The molecule has 0 aliphatic carbocycles. The molecule has 23 heavy (non-hydrogen) atoms. The lowest BCUT2D eigenvalue weighted by molar-refractivity contribution is 0.272. The molecule has 0 amide bonds. The standard InChI is InChI=1S/C15H21N7S/c1-4-9(3)16-13-12-10-6-7-21(5-2)8-11(10)23-14(12)22-15(17-13)18-19-20-22/h9H,4-8H2,1-3H3,(H,16,17,18,20)/t9-/m1/s1. The first-order valence-electron chi connectivity index (χ1n) is 8.22. The molecule has 0 spiro atoms. The number of tetrazole rings is 1. The maximum absolute atomic E-state index is 4.68. The fourth-order valence-electron chi connectivity index (χ4n) is 3.08. The van der Waals surface area contributed by atoms with Crippen molar-refractivity contribution in [2.24, 2.45) is 0 Å². The van der Waals surface area contributed by atoms with Gasteiger partial charge in [-0.05, 0) is 42.3 Å². The molecule has 0 aromatic carbocycles. The van der Waals surface area contributed by atoms with E-state index in [0.717, 1.165) is 43.1 Å². The molecule has 0 radical (unpaired) electrons. The van der Waals surface area contributed by atoms with E-state index in [1.54, 1.807) is 15.9 Å². The predicted octanol–water partition coefficient (Wildman–Crippen LogP) is 2.32. The van der Waals surface area contributed by atoms with Gasteiger partial charge in [-0.15, -0.1) is 11.3 Å². The molecule has 0 unspecified atom stereocenters. The molecule has 1 atom stereocenters. The fraction of sp³-hybridized carbons (Fsp3) is 0.600. The van der Waals surface area contributed by atoms with Crippen molar-refractivity contribution in [3.63, 3.8) is 0 Å². The zero-order valence-corrected chi connectivity index (χ0v) is 14.5. The van der Waals surface area contributed by atoms with Crippen molar-refractivity contribution < 1.29 is 0 Å². The first-order valence-corrected chi connectivity index (χ1v) is 9.04. The van der Waals surface area contributed by atoms with Crippen LogP contribution in [0.2, 0.25) is 0 Å². The van der Waals surface area contributed by atoms with Crippen LogP contribution in [-0.4, -0.2) is 49.1 Å². The van der Waals surface area contributed by atoms with Gasteiger partial charge >= 0.3 is 0 Å². The van der Waals surface area contributed by atoms with Crippen LogP contribution in [0.3, 0.4) is 0 Å². The van der Waals surface area contributed by atoms with E-state index in [4.69, 9.17) is 0 Å². The lowest BCUT2D eigenvalue weighted by Gasteiger charge is -2.25. The Labute approximate surface area is 138 Å². The number of aromatic nitrogens is 5. The second-order valence-electron chi connectivity index (χ2n) is 6.11. The molecular formula is C15H21N7S. The Morgan fingerprint density at radius 2 is 2.22 bits per heavy atom. The highest BCUT2D eigenvalue weighted by atomic mass is 32.1. The number of nitrogens with zero attached hydrogens (tertiary/aromatic N) is 6. The lowest BCUT2D eigenvalue weighted by Crippen LogP contribution is -2.29. The van der Waals surface area contributed by atoms with Crippen molar-refractivity contribution in [1.82, 2.24) is 29.9 Å². The van der Waals surface area contributed by atoms with E-state index in [2.05, 4.69) is 51.5 Å². The van der Waals surface area contributed by atoms with Gasteiger partial charge in [0.1, 0.15) is 10.6 Å². The van der Waals surface area contributed by atoms with Crippen LogP contribution in [0.1, 0.15) is 37.6 Å². The molecule has 4 rings (SSSR count). The maximum atomic E-state index is 4.68. The van der Waals surface area contributed by atoms with E-state index in [-0.39, 0.29) is 0 Å². The van der Waals surface area contributed by atoms with Crippen LogP contribution in [0, 0.1) is 0 Å². The maximum Gasteiger partial charge on any atom is 0.276 e. The highest BCUT2D eigenvalue weighted by molar-refractivity contribution is 7.19. The number of hydrogen-bond donors (Lipinski definition) is 1. The van der Waals surface area contributed by atoms with Crippen molar-refractivity contribution in [2.75, 3.05) is 18.4 Å². The van der Waals surface area contributed by atoms with E-state index in [0.29, 0.717) is 11.8 Å². The third-order valence-electron chi connectivity index (χ3n) is 4.65. The van der Waals surface area contributed by atoms with E-state index in [1.807, 2.05) is 0 Å². The largest absolute Gasteiger partial charge is 0.367 e. The quantitative estimate of drug-likeness (QED) is 0.791. The van der Waals surface area contributed by atoms with Gasteiger partial charge in [-0.3, -0.25) is 4.90 Å². The number of rotatable bonds is 4. The van der Waals surface area contributed by atoms with Gasteiger partial charge in [-0.2, -0.15) is 9.50 Å². The van der Waals surface area contributed by atoms with Gasteiger partial charge in [0.2, 0.25) is 0 Å². The van der Waals surface area contributed by atoms with Gasteiger partial charge in [0, 0.05) is 24.0 Å². The van der Waals surface area contributed by atoms with Crippen LogP contribution in [-0.2, 0) is 13.0 Å². The van der Waals surface area contributed by atoms with E-state index >= 15 is 0 Å². The molecular weight excluding hydrogens is 310 g/mol. The zero-order chi connectivity index (χ0) is 16.0. The molecule has 0 saturated carbocycles. The van der Waals surface area contributed by atoms with Crippen LogP contribution in [0.15, 0.2) is 0 Å². The second-order valence-corrected chi connectivity index (χ2v) is 7.19. The molecule has 3 aromatic heterocycles. The number of anilines is 1. The smallest absolute Gasteiger partial charge is 0.276 e. The van der Waals surface area contributed by atoms with Crippen molar-refractivity contribution in [1.29, 1.82) is 0 Å². The molecule has 122 valence electrons. The molecule has 1 aliphatic rings. The molecule has 7 nitrogen and oxygen atoms in total. The van der Waals surface area contributed by atoms with Gasteiger partial charge in [0.15, 0.2) is 0 Å². The Morgan fingerprint density at radius 1 is 1.35 bits per heavy atom. The molecule has 0 fully saturated rings. The first kappa shape index (κ1) is 14.8.